The monoisotopic (exact) mass is 428 g/mol. The zero-order valence-corrected chi connectivity index (χ0v) is 17.5. The number of fused-ring (bicyclic) bond motifs is 1. The number of carbonyl (C=O) groups is 1. The van der Waals surface area contributed by atoms with Gasteiger partial charge in [0.1, 0.15) is 6.61 Å². The number of carbonyl (C=O) groups excluding carboxylic acids is 1. The van der Waals surface area contributed by atoms with Gasteiger partial charge in [-0.25, -0.2) is 13.1 Å². The van der Waals surface area contributed by atoms with Crippen LogP contribution in [0, 0.1) is 0 Å². The Morgan fingerprint density at radius 1 is 1.17 bits per heavy atom. The van der Waals surface area contributed by atoms with Gasteiger partial charge in [-0.15, -0.1) is 0 Å². The van der Waals surface area contributed by atoms with Crippen molar-refractivity contribution in [2.24, 2.45) is 0 Å². The highest BCUT2D eigenvalue weighted by Gasteiger charge is 2.27. The largest absolute Gasteiger partial charge is 0.490 e. The highest BCUT2D eigenvalue weighted by molar-refractivity contribution is 7.89. The average molecular weight is 429 g/mol. The molecule has 0 spiro atoms. The first-order valence-corrected chi connectivity index (χ1v) is 11.4. The van der Waals surface area contributed by atoms with E-state index in [4.69, 9.17) is 9.47 Å². The summed E-state index contributed by atoms with van der Waals surface area (Å²) < 4.78 is 38.4. The van der Waals surface area contributed by atoms with E-state index >= 15 is 0 Å². The third kappa shape index (κ3) is 4.66. The molecule has 1 aliphatic carbocycles. The van der Waals surface area contributed by atoms with Crippen molar-refractivity contribution in [1.82, 2.24) is 10.0 Å². The minimum atomic E-state index is -3.47. The summed E-state index contributed by atoms with van der Waals surface area (Å²) in [5.74, 6) is 1.08. The second-order valence-corrected chi connectivity index (χ2v) is 9.00. The number of sulfonamides is 1. The quantitative estimate of drug-likeness (QED) is 0.674. The number of amides is 1. The summed E-state index contributed by atoms with van der Waals surface area (Å²) in [6.45, 7) is 2.89. The third-order valence-corrected chi connectivity index (χ3v) is 6.42. The molecule has 2 aromatic rings. The van der Waals surface area contributed by atoms with E-state index in [1.54, 1.807) is 30.3 Å². The first-order valence-electron chi connectivity index (χ1n) is 9.95. The molecular formula is C22H24N2O5S. The van der Waals surface area contributed by atoms with Gasteiger partial charge < -0.3 is 14.8 Å². The van der Waals surface area contributed by atoms with E-state index < -0.39 is 10.0 Å². The predicted molar refractivity (Wildman–Crippen MR) is 113 cm³/mol. The molecule has 2 aliphatic rings. The molecule has 0 atom stereocenters. The molecule has 2 aromatic carbocycles. The smallest absolute Gasteiger partial charge is 0.250 e. The van der Waals surface area contributed by atoms with Crippen LogP contribution in [0.1, 0.15) is 30.9 Å². The van der Waals surface area contributed by atoms with E-state index in [9.17, 15) is 13.2 Å². The zero-order valence-electron chi connectivity index (χ0n) is 16.7. The van der Waals surface area contributed by atoms with Gasteiger partial charge in [-0.2, -0.15) is 0 Å². The van der Waals surface area contributed by atoms with Gasteiger partial charge in [-0.3, -0.25) is 4.79 Å². The van der Waals surface area contributed by atoms with E-state index in [0.717, 1.165) is 24.0 Å². The fourth-order valence-corrected chi connectivity index (χ4v) is 4.46. The SMILES string of the molecule is CCOc1cccc2c1OCC(C(=O)NCc1ccc(S(=O)(=O)NC3CC3)cc1)=C2. The van der Waals surface area contributed by atoms with Gasteiger partial charge in [-0.05, 0) is 49.6 Å². The molecule has 30 heavy (non-hydrogen) atoms. The molecule has 0 bridgehead atoms. The van der Waals surface area contributed by atoms with E-state index in [1.165, 1.54) is 0 Å². The van der Waals surface area contributed by atoms with Crippen LogP contribution in [0.5, 0.6) is 11.5 Å². The van der Waals surface area contributed by atoms with E-state index in [0.29, 0.717) is 30.2 Å². The number of ether oxygens (including phenoxy) is 2. The molecule has 0 unspecified atom stereocenters. The van der Waals surface area contributed by atoms with Gasteiger partial charge in [0, 0.05) is 18.2 Å². The number of hydrogen-bond acceptors (Lipinski definition) is 5. The van der Waals surface area contributed by atoms with Crippen LogP contribution >= 0.6 is 0 Å². The van der Waals surface area contributed by atoms with Crippen LogP contribution in [-0.2, 0) is 21.4 Å². The van der Waals surface area contributed by atoms with E-state index in [2.05, 4.69) is 10.0 Å². The second-order valence-electron chi connectivity index (χ2n) is 7.29. The number of benzene rings is 2. The van der Waals surface area contributed by atoms with Crippen LogP contribution in [-0.4, -0.2) is 33.6 Å². The lowest BCUT2D eigenvalue weighted by Crippen LogP contribution is -2.28. The summed E-state index contributed by atoms with van der Waals surface area (Å²) in [7, 11) is -3.47. The maximum Gasteiger partial charge on any atom is 0.250 e. The molecule has 1 fully saturated rings. The minimum Gasteiger partial charge on any atom is -0.490 e. The van der Waals surface area contributed by atoms with Gasteiger partial charge >= 0.3 is 0 Å². The van der Waals surface area contributed by atoms with Gasteiger partial charge in [0.15, 0.2) is 11.5 Å². The number of hydrogen-bond donors (Lipinski definition) is 2. The molecule has 0 radical (unpaired) electrons. The summed E-state index contributed by atoms with van der Waals surface area (Å²) >= 11 is 0. The molecule has 8 heteroatoms. The van der Waals surface area contributed by atoms with Crippen molar-refractivity contribution in [3.8, 4) is 11.5 Å². The van der Waals surface area contributed by atoms with Gasteiger partial charge in [-0.1, -0.05) is 24.3 Å². The maximum atomic E-state index is 12.5. The summed E-state index contributed by atoms with van der Waals surface area (Å²) in [5.41, 5.74) is 2.13. The Hall–Kier alpha value is -2.84. The molecule has 158 valence electrons. The van der Waals surface area contributed by atoms with Crippen LogP contribution in [0.2, 0.25) is 0 Å². The highest BCUT2D eigenvalue weighted by atomic mass is 32.2. The van der Waals surface area contributed by atoms with Crippen LogP contribution in [0.25, 0.3) is 6.08 Å². The van der Waals surface area contributed by atoms with Crippen molar-refractivity contribution in [3.63, 3.8) is 0 Å². The van der Waals surface area contributed by atoms with Gasteiger partial charge in [0.25, 0.3) is 5.91 Å². The molecule has 0 aromatic heterocycles. The summed E-state index contributed by atoms with van der Waals surface area (Å²) in [6.07, 6.45) is 3.58. The van der Waals surface area contributed by atoms with Crippen LogP contribution in [0.15, 0.2) is 52.9 Å². The normalized spacial score (nSPS) is 15.6. The summed E-state index contributed by atoms with van der Waals surface area (Å²) in [4.78, 5) is 12.8. The Labute approximate surface area is 176 Å². The van der Waals surface area contributed by atoms with Crippen LogP contribution in [0.4, 0.5) is 0 Å². The molecule has 0 saturated heterocycles. The lowest BCUT2D eigenvalue weighted by Gasteiger charge is -2.20. The predicted octanol–water partition coefficient (Wildman–Crippen LogP) is 2.62. The van der Waals surface area contributed by atoms with Crippen molar-refractivity contribution in [3.05, 3.63) is 59.2 Å². The zero-order chi connectivity index (χ0) is 21.1. The Bertz CT molecular complexity index is 1070. The number of rotatable bonds is 8. The van der Waals surface area contributed by atoms with Crippen molar-refractivity contribution < 1.29 is 22.7 Å². The average Bonchev–Trinajstić information content (AvgIpc) is 3.55. The lowest BCUT2D eigenvalue weighted by molar-refractivity contribution is -0.117. The van der Waals surface area contributed by atoms with Crippen molar-refractivity contribution in [2.45, 2.75) is 37.2 Å². The molecule has 4 rings (SSSR count). The Balaban J connectivity index is 1.38. The fraction of sp³-hybridized carbons (Fsp3) is 0.318. The van der Waals surface area contributed by atoms with E-state index in [1.807, 2.05) is 25.1 Å². The molecule has 1 heterocycles. The molecule has 1 saturated carbocycles. The van der Waals surface area contributed by atoms with Crippen molar-refractivity contribution in [2.75, 3.05) is 13.2 Å². The molecule has 2 N–H and O–H groups in total. The Morgan fingerprint density at radius 2 is 1.93 bits per heavy atom. The number of para-hydroxylation sites is 1. The third-order valence-electron chi connectivity index (χ3n) is 4.89. The van der Waals surface area contributed by atoms with Gasteiger partial charge in [0.2, 0.25) is 10.0 Å². The highest BCUT2D eigenvalue weighted by Crippen LogP contribution is 2.35. The minimum absolute atomic E-state index is 0.0645. The Morgan fingerprint density at radius 3 is 2.63 bits per heavy atom. The van der Waals surface area contributed by atoms with Crippen LogP contribution < -0.4 is 19.5 Å². The molecule has 1 amide bonds. The standard InChI is InChI=1S/C22H24N2O5S/c1-2-28-20-5-3-4-16-12-17(14-29-21(16)20)22(25)23-13-15-6-10-19(11-7-15)30(26,27)24-18-8-9-18/h3-7,10-12,18,24H,2,8-9,13-14H2,1H3,(H,23,25). The van der Waals surface area contributed by atoms with E-state index in [-0.39, 0.29) is 23.5 Å². The molecule has 7 nitrogen and oxygen atoms in total. The lowest BCUT2D eigenvalue weighted by atomic mass is 10.1. The maximum absolute atomic E-state index is 12.5. The Kier molecular flexibility index (Phi) is 5.78. The van der Waals surface area contributed by atoms with Crippen LogP contribution in [0.3, 0.4) is 0 Å². The van der Waals surface area contributed by atoms with Gasteiger partial charge in [0.05, 0.1) is 17.1 Å². The first kappa shape index (κ1) is 20.4. The molecular weight excluding hydrogens is 404 g/mol. The second kappa shape index (κ2) is 8.49. The first-order chi connectivity index (χ1) is 14.5. The fourth-order valence-electron chi connectivity index (χ4n) is 3.15. The number of nitrogens with one attached hydrogen (secondary N) is 2. The van der Waals surface area contributed by atoms with Crippen molar-refractivity contribution >= 4 is 22.0 Å². The summed E-state index contributed by atoms with van der Waals surface area (Å²) in [5, 5.41) is 2.86. The summed E-state index contributed by atoms with van der Waals surface area (Å²) in [6, 6.07) is 12.2. The van der Waals surface area contributed by atoms with Crippen molar-refractivity contribution in [1.29, 1.82) is 0 Å². The topological polar surface area (TPSA) is 93.7 Å². The molecule has 1 aliphatic heterocycles.